The highest BCUT2D eigenvalue weighted by molar-refractivity contribution is 5.79. The number of carbonyl (C=O) groups excluding carboxylic acids is 1. The van der Waals surface area contributed by atoms with Crippen molar-refractivity contribution in [2.75, 3.05) is 6.54 Å². The largest absolute Gasteiger partial charge is 0.370 e. The van der Waals surface area contributed by atoms with Crippen LogP contribution in [-0.4, -0.2) is 18.4 Å². The lowest BCUT2D eigenvalue weighted by atomic mass is 10.0. The average molecular weight is 297 g/mol. The molecule has 6 heteroatoms. The van der Waals surface area contributed by atoms with Crippen molar-refractivity contribution < 1.29 is 4.79 Å². The van der Waals surface area contributed by atoms with Crippen LogP contribution in [0, 0.1) is 0 Å². The van der Waals surface area contributed by atoms with Gasteiger partial charge >= 0.3 is 0 Å². The van der Waals surface area contributed by atoms with Crippen LogP contribution < -0.4 is 22.5 Å². The van der Waals surface area contributed by atoms with Gasteiger partial charge in [0.05, 0.1) is 12.2 Å². The zero-order chi connectivity index (χ0) is 15.9. The summed E-state index contributed by atoms with van der Waals surface area (Å²) in [5.41, 5.74) is 19.8. The summed E-state index contributed by atoms with van der Waals surface area (Å²) >= 11 is 0. The highest BCUT2D eigenvalue weighted by Crippen LogP contribution is 2.23. The molecule has 0 saturated carbocycles. The molecule has 7 N–H and O–H groups in total. The van der Waals surface area contributed by atoms with E-state index in [0.717, 1.165) is 16.7 Å². The third-order valence-electron chi connectivity index (χ3n) is 3.09. The molecule has 0 aromatic heterocycles. The number of rotatable bonds is 5. The van der Waals surface area contributed by atoms with E-state index in [1.165, 1.54) is 0 Å². The number of hydrogen-bond acceptors (Lipinski definition) is 3. The molecule has 0 aliphatic carbocycles. The van der Waals surface area contributed by atoms with Gasteiger partial charge < -0.3 is 22.5 Å². The molecule has 0 fully saturated rings. The highest BCUT2D eigenvalue weighted by atomic mass is 16.1. The van der Waals surface area contributed by atoms with E-state index in [4.69, 9.17) is 17.2 Å². The maximum Gasteiger partial charge on any atom is 0.234 e. The van der Waals surface area contributed by atoms with Gasteiger partial charge in [-0.2, -0.15) is 0 Å². The van der Waals surface area contributed by atoms with Crippen LogP contribution >= 0.6 is 0 Å². The fourth-order valence-electron chi connectivity index (χ4n) is 1.97. The summed E-state index contributed by atoms with van der Waals surface area (Å²) in [7, 11) is 0. The SMILES string of the molecule is NCC(=O)NCc1ccc(-c2ccc(N=C(N)N)cc2)cc1. The summed E-state index contributed by atoms with van der Waals surface area (Å²) in [6.45, 7) is 0.472. The average Bonchev–Trinajstić information content (AvgIpc) is 2.53. The van der Waals surface area contributed by atoms with Crippen LogP contribution in [0.1, 0.15) is 5.56 Å². The van der Waals surface area contributed by atoms with Gasteiger partial charge in [-0.05, 0) is 28.8 Å². The summed E-state index contributed by atoms with van der Waals surface area (Å²) in [5, 5.41) is 2.73. The van der Waals surface area contributed by atoms with E-state index in [1.807, 2.05) is 48.5 Å². The number of hydrogen-bond donors (Lipinski definition) is 4. The number of nitrogens with one attached hydrogen (secondary N) is 1. The lowest BCUT2D eigenvalue weighted by Crippen LogP contribution is -2.29. The van der Waals surface area contributed by atoms with Crippen LogP contribution in [0.25, 0.3) is 11.1 Å². The van der Waals surface area contributed by atoms with E-state index >= 15 is 0 Å². The molecule has 2 aromatic carbocycles. The standard InChI is InChI=1S/C16H19N5O/c17-9-15(22)20-10-11-1-3-12(4-2-11)13-5-7-14(8-6-13)21-16(18)19/h1-8H,9-10,17H2,(H,20,22)(H4,18,19,21). The lowest BCUT2D eigenvalue weighted by Gasteiger charge is -2.06. The van der Waals surface area contributed by atoms with Crippen LogP contribution in [0.5, 0.6) is 0 Å². The fraction of sp³-hybridized carbons (Fsp3) is 0.125. The maximum absolute atomic E-state index is 11.1. The molecule has 0 spiro atoms. The Bertz CT molecular complexity index is 658. The van der Waals surface area contributed by atoms with Gasteiger partial charge in [0, 0.05) is 6.54 Å². The molecule has 0 bridgehead atoms. The number of nitrogens with two attached hydrogens (primary N) is 3. The van der Waals surface area contributed by atoms with Gasteiger partial charge in [-0.15, -0.1) is 0 Å². The predicted octanol–water partition coefficient (Wildman–Crippen LogP) is 0.833. The molecule has 0 aliphatic heterocycles. The van der Waals surface area contributed by atoms with Crippen molar-refractivity contribution >= 4 is 17.6 Å². The molecule has 22 heavy (non-hydrogen) atoms. The van der Waals surface area contributed by atoms with E-state index in [0.29, 0.717) is 12.2 Å². The van der Waals surface area contributed by atoms with Gasteiger partial charge in [0.15, 0.2) is 5.96 Å². The molecule has 0 saturated heterocycles. The monoisotopic (exact) mass is 297 g/mol. The molecule has 0 radical (unpaired) electrons. The van der Waals surface area contributed by atoms with E-state index in [1.54, 1.807) is 0 Å². The second-order valence-electron chi connectivity index (χ2n) is 4.76. The van der Waals surface area contributed by atoms with Crippen molar-refractivity contribution in [2.24, 2.45) is 22.2 Å². The van der Waals surface area contributed by atoms with Crippen molar-refractivity contribution in [2.45, 2.75) is 6.54 Å². The minimum absolute atomic E-state index is 0.000227. The van der Waals surface area contributed by atoms with Crippen LogP contribution in [0.4, 0.5) is 5.69 Å². The number of guanidine groups is 1. The summed E-state index contributed by atoms with van der Waals surface area (Å²) < 4.78 is 0. The summed E-state index contributed by atoms with van der Waals surface area (Å²) in [6.07, 6.45) is 0. The third-order valence-corrected chi connectivity index (χ3v) is 3.09. The van der Waals surface area contributed by atoms with E-state index in [-0.39, 0.29) is 18.4 Å². The summed E-state index contributed by atoms with van der Waals surface area (Å²) in [6, 6.07) is 15.5. The lowest BCUT2D eigenvalue weighted by molar-refractivity contribution is -0.119. The van der Waals surface area contributed by atoms with Gasteiger partial charge in [0.25, 0.3) is 0 Å². The van der Waals surface area contributed by atoms with E-state index in [9.17, 15) is 4.79 Å². The molecule has 2 rings (SSSR count). The van der Waals surface area contributed by atoms with Crippen LogP contribution in [-0.2, 0) is 11.3 Å². The molecule has 2 aromatic rings. The van der Waals surface area contributed by atoms with Crippen molar-refractivity contribution in [3.63, 3.8) is 0 Å². The van der Waals surface area contributed by atoms with Gasteiger partial charge in [0.1, 0.15) is 0 Å². The Morgan fingerprint density at radius 1 is 0.955 bits per heavy atom. The zero-order valence-electron chi connectivity index (χ0n) is 12.1. The summed E-state index contributed by atoms with van der Waals surface area (Å²) in [5.74, 6) is -0.129. The molecular formula is C16H19N5O. The smallest absolute Gasteiger partial charge is 0.234 e. The van der Waals surface area contributed by atoms with Crippen LogP contribution in [0.2, 0.25) is 0 Å². The molecule has 0 aliphatic rings. The van der Waals surface area contributed by atoms with Gasteiger partial charge in [-0.3, -0.25) is 4.79 Å². The Hall–Kier alpha value is -2.86. The molecule has 114 valence electrons. The normalized spacial score (nSPS) is 10.0. The number of aliphatic imine (C=N–C) groups is 1. The third kappa shape index (κ3) is 4.32. The Morgan fingerprint density at radius 3 is 2.00 bits per heavy atom. The topological polar surface area (TPSA) is 120 Å². The molecule has 0 heterocycles. The minimum atomic E-state index is -0.167. The van der Waals surface area contributed by atoms with Gasteiger partial charge in [-0.25, -0.2) is 4.99 Å². The Labute approximate surface area is 129 Å². The quantitative estimate of drug-likeness (QED) is 0.482. The maximum atomic E-state index is 11.1. The van der Waals surface area contributed by atoms with Crippen molar-refractivity contribution in [3.8, 4) is 11.1 Å². The van der Waals surface area contributed by atoms with E-state index in [2.05, 4.69) is 10.3 Å². The van der Waals surface area contributed by atoms with Gasteiger partial charge in [0.2, 0.25) is 5.91 Å². The Morgan fingerprint density at radius 2 is 1.50 bits per heavy atom. The van der Waals surface area contributed by atoms with Gasteiger partial charge in [-0.1, -0.05) is 36.4 Å². The molecular weight excluding hydrogens is 278 g/mol. The van der Waals surface area contributed by atoms with Crippen molar-refractivity contribution in [1.29, 1.82) is 0 Å². The minimum Gasteiger partial charge on any atom is -0.370 e. The molecule has 0 unspecified atom stereocenters. The molecule has 0 atom stereocenters. The van der Waals surface area contributed by atoms with Crippen LogP contribution in [0.3, 0.4) is 0 Å². The number of amides is 1. The van der Waals surface area contributed by atoms with Crippen molar-refractivity contribution in [3.05, 3.63) is 54.1 Å². The fourth-order valence-corrected chi connectivity index (χ4v) is 1.97. The number of benzene rings is 2. The zero-order valence-corrected chi connectivity index (χ0v) is 12.1. The first-order valence-corrected chi connectivity index (χ1v) is 6.84. The second-order valence-corrected chi connectivity index (χ2v) is 4.76. The molecule has 1 amide bonds. The van der Waals surface area contributed by atoms with E-state index < -0.39 is 0 Å². The number of carbonyl (C=O) groups is 1. The highest BCUT2D eigenvalue weighted by Gasteiger charge is 2.01. The number of nitrogens with zero attached hydrogens (tertiary/aromatic N) is 1. The molecule has 6 nitrogen and oxygen atoms in total. The second kappa shape index (κ2) is 7.24. The van der Waals surface area contributed by atoms with Crippen molar-refractivity contribution in [1.82, 2.24) is 5.32 Å². The predicted molar refractivity (Wildman–Crippen MR) is 88.2 cm³/mol. The Balaban J connectivity index is 2.07. The summed E-state index contributed by atoms with van der Waals surface area (Å²) in [4.78, 5) is 15.1. The first kappa shape index (κ1) is 15.5. The van der Waals surface area contributed by atoms with Crippen LogP contribution in [0.15, 0.2) is 53.5 Å². The Kier molecular flexibility index (Phi) is 5.11. The first-order chi connectivity index (χ1) is 10.6. The first-order valence-electron chi connectivity index (χ1n) is 6.84.